The van der Waals surface area contributed by atoms with Gasteiger partial charge in [0.05, 0.1) is 12.2 Å². The van der Waals surface area contributed by atoms with E-state index in [0.29, 0.717) is 18.8 Å². The summed E-state index contributed by atoms with van der Waals surface area (Å²) in [6.07, 6.45) is 3.32. The van der Waals surface area contributed by atoms with E-state index < -0.39 is 6.04 Å². The molecule has 29 heavy (non-hydrogen) atoms. The molecule has 7 heteroatoms. The number of rotatable bonds is 7. The van der Waals surface area contributed by atoms with Crippen molar-refractivity contribution in [2.45, 2.75) is 26.8 Å². The molecule has 1 N–H and O–H groups in total. The molecule has 2 heterocycles. The first-order valence-electron chi connectivity index (χ1n) is 9.43. The maximum Gasteiger partial charge on any atom is 0.267 e. The Balaban J connectivity index is 1.60. The number of ether oxygens (including phenoxy) is 1. The van der Waals surface area contributed by atoms with Crippen LogP contribution in [0.5, 0.6) is 5.75 Å². The van der Waals surface area contributed by atoms with Crippen molar-refractivity contribution in [3.05, 3.63) is 76.3 Å². The van der Waals surface area contributed by atoms with Crippen LogP contribution in [0.3, 0.4) is 0 Å². The number of benzene rings is 1. The Kier molecular flexibility index (Phi) is 6.39. The number of pyridine rings is 1. The van der Waals surface area contributed by atoms with E-state index >= 15 is 0 Å². The van der Waals surface area contributed by atoms with E-state index in [1.165, 1.54) is 10.7 Å². The van der Waals surface area contributed by atoms with Crippen molar-refractivity contribution in [3.63, 3.8) is 0 Å². The van der Waals surface area contributed by atoms with Crippen LogP contribution < -0.4 is 15.6 Å². The summed E-state index contributed by atoms with van der Waals surface area (Å²) in [5.74, 6) is 0.471. The second-order valence-corrected chi connectivity index (χ2v) is 6.88. The highest BCUT2D eigenvalue weighted by Crippen LogP contribution is 2.16. The van der Waals surface area contributed by atoms with Crippen LogP contribution >= 0.6 is 0 Å². The minimum Gasteiger partial charge on any atom is -0.492 e. The first kappa shape index (κ1) is 20.3. The average molecular weight is 392 g/mol. The maximum atomic E-state index is 12.5. The van der Waals surface area contributed by atoms with Gasteiger partial charge in [0.1, 0.15) is 18.4 Å². The van der Waals surface area contributed by atoms with Gasteiger partial charge in [-0.3, -0.25) is 14.6 Å². The molecule has 0 radical (unpaired) electrons. The standard InChI is InChI=1S/C22H24N4O3/c1-15-11-16(2)13-19(12-15)29-10-9-24-22(28)17(3)26-21(27)7-6-20(25-26)18-5-4-8-23-14-18/h4-8,11-14,17H,9-10H2,1-3H3,(H,24,28). The van der Waals surface area contributed by atoms with Crippen molar-refractivity contribution in [3.8, 4) is 17.0 Å². The summed E-state index contributed by atoms with van der Waals surface area (Å²) in [5.41, 5.74) is 3.26. The number of carbonyl (C=O) groups excluding carboxylic acids is 1. The number of aromatic nitrogens is 3. The Morgan fingerprint density at radius 1 is 1.17 bits per heavy atom. The van der Waals surface area contributed by atoms with Crippen molar-refractivity contribution in [2.75, 3.05) is 13.2 Å². The maximum absolute atomic E-state index is 12.5. The van der Waals surface area contributed by atoms with Crippen LogP contribution in [0.2, 0.25) is 0 Å². The highest BCUT2D eigenvalue weighted by atomic mass is 16.5. The predicted octanol–water partition coefficient (Wildman–Crippen LogP) is 2.68. The minimum absolute atomic E-state index is 0.299. The van der Waals surface area contributed by atoms with Gasteiger partial charge >= 0.3 is 0 Å². The summed E-state index contributed by atoms with van der Waals surface area (Å²) in [7, 11) is 0. The van der Waals surface area contributed by atoms with Gasteiger partial charge in [-0.25, -0.2) is 4.68 Å². The van der Waals surface area contributed by atoms with Crippen molar-refractivity contribution in [1.82, 2.24) is 20.1 Å². The van der Waals surface area contributed by atoms with Gasteiger partial charge in [0.15, 0.2) is 0 Å². The molecule has 2 aromatic heterocycles. The van der Waals surface area contributed by atoms with E-state index in [0.717, 1.165) is 22.4 Å². The lowest BCUT2D eigenvalue weighted by Gasteiger charge is -2.15. The smallest absolute Gasteiger partial charge is 0.267 e. The van der Waals surface area contributed by atoms with Gasteiger partial charge in [0, 0.05) is 24.0 Å². The van der Waals surface area contributed by atoms with E-state index in [1.54, 1.807) is 31.5 Å². The molecule has 1 aromatic carbocycles. The average Bonchev–Trinajstić information content (AvgIpc) is 2.71. The van der Waals surface area contributed by atoms with Gasteiger partial charge in [-0.15, -0.1) is 0 Å². The molecule has 3 rings (SSSR count). The Bertz CT molecular complexity index is 1030. The number of amides is 1. The van der Waals surface area contributed by atoms with Crippen LogP contribution in [0.4, 0.5) is 0 Å². The fourth-order valence-corrected chi connectivity index (χ4v) is 2.99. The van der Waals surface area contributed by atoms with Crippen molar-refractivity contribution >= 4 is 5.91 Å². The number of hydrogen-bond acceptors (Lipinski definition) is 5. The summed E-state index contributed by atoms with van der Waals surface area (Å²) < 4.78 is 6.88. The quantitative estimate of drug-likeness (QED) is 0.625. The zero-order chi connectivity index (χ0) is 20.8. The lowest BCUT2D eigenvalue weighted by atomic mass is 10.1. The molecule has 3 aromatic rings. The second kappa shape index (κ2) is 9.14. The monoisotopic (exact) mass is 392 g/mol. The molecule has 0 aliphatic heterocycles. The van der Waals surface area contributed by atoms with Gasteiger partial charge in [0.25, 0.3) is 5.56 Å². The van der Waals surface area contributed by atoms with Crippen LogP contribution in [0, 0.1) is 13.8 Å². The van der Waals surface area contributed by atoms with Crippen molar-refractivity contribution in [1.29, 1.82) is 0 Å². The summed E-state index contributed by atoms with van der Waals surface area (Å²) in [5, 5.41) is 7.12. The second-order valence-electron chi connectivity index (χ2n) is 6.88. The molecule has 0 spiro atoms. The SMILES string of the molecule is Cc1cc(C)cc(OCCNC(=O)C(C)n2nc(-c3cccnc3)ccc2=O)c1. The number of nitrogens with one attached hydrogen (secondary N) is 1. The van der Waals surface area contributed by atoms with E-state index in [-0.39, 0.29) is 11.5 Å². The topological polar surface area (TPSA) is 86.1 Å². The summed E-state index contributed by atoms with van der Waals surface area (Å²) in [4.78, 5) is 28.8. The van der Waals surface area contributed by atoms with E-state index in [9.17, 15) is 9.59 Å². The number of hydrogen-bond donors (Lipinski definition) is 1. The number of carbonyl (C=O) groups is 1. The molecule has 1 atom stereocenters. The Labute approximate surface area is 169 Å². The third-order valence-electron chi connectivity index (χ3n) is 4.39. The molecule has 0 aliphatic carbocycles. The molecule has 0 aliphatic rings. The molecular weight excluding hydrogens is 368 g/mol. The third kappa shape index (κ3) is 5.28. The van der Waals surface area contributed by atoms with Crippen molar-refractivity contribution < 1.29 is 9.53 Å². The molecule has 1 unspecified atom stereocenters. The van der Waals surface area contributed by atoms with Crippen molar-refractivity contribution in [2.24, 2.45) is 0 Å². The summed E-state index contributed by atoms with van der Waals surface area (Å²) in [6.45, 7) is 6.31. The largest absolute Gasteiger partial charge is 0.492 e. The molecular formula is C22H24N4O3. The highest BCUT2D eigenvalue weighted by Gasteiger charge is 2.17. The summed E-state index contributed by atoms with van der Waals surface area (Å²) in [6, 6.07) is 11.9. The fourth-order valence-electron chi connectivity index (χ4n) is 2.99. The van der Waals surface area contributed by atoms with Crippen LogP contribution in [0.1, 0.15) is 24.1 Å². The lowest BCUT2D eigenvalue weighted by molar-refractivity contribution is -0.124. The van der Waals surface area contributed by atoms with Gasteiger partial charge in [-0.05, 0) is 62.2 Å². The fraction of sp³-hybridized carbons (Fsp3) is 0.273. The Morgan fingerprint density at radius 3 is 2.62 bits per heavy atom. The molecule has 0 saturated carbocycles. The molecule has 1 amide bonds. The van der Waals surface area contributed by atoms with Gasteiger partial charge in [0.2, 0.25) is 5.91 Å². The van der Waals surface area contributed by atoms with Gasteiger partial charge < -0.3 is 10.1 Å². The first-order valence-corrected chi connectivity index (χ1v) is 9.43. The normalized spacial score (nSPS) is 11.7. The van der Waals surface area contributed by atoms with E-state index in [2.05, 4.69) is 21.5 Å². The number of aryl methyl sites for hydroxylation is 2. The first-order chi connectivity index (χ1) is 13.9. The zero-order valence-corrected chi connectivity index (χ0v) is 16.8. The molecule has 0 bridgehead atoms. The Hall–Kier alpha value is -3.48. The van der Waals surface area contributed by atoms with Gasteiger partial charge in [-0.2, -0.15) is 5.10 Å². The number of nitrogens with zero attached hydrogens (tertiary/aromatic N) is 3. The van der Waals surface area contributed by atoms with E-state index in [1.807, 2.05) is 32.0 Å². The molecule has 150 valence electrons. The molecule has 0 saturated heterocycles. The molecule has 0 fully saturated rings. The highest BCUT2D eigenvalue weighted by molar-refractivity contribution is 5.79. The zero-order valence-electron chi connectivity index (χ0n) is 16.8. The predicted molar refractivity (Wildman–Crippen MR) is 111 cm³/mol. The third-order valence-corrected chi connectivity index (χ3v) is 4.39. The molecule has 7 nitrogen and oxygen atoms in total. The van der Waals surface area contributed by atoms with E-state index in [4.69, 9.17) is 4.74 Å². The summed E-state index contributed by atoms with van der Waals surface area (Å²) >= 11 is 0. The van der Waals surface area contributed by atoms with Crippen LogP contribution in [-0.2, 0) is 4.79 Å². The van der Waals surface area contributed by atoms with Crippen LogP contribution in [0.15, 0.2) is 59.7 Å². The van der Waals surface area contributed by atoms with Gasteiger partial charge in [-0.1, -0.05) is 6.07 Å². The lowest BCUT2D eigenvalue weighted by Crippen LogP contribution is -2.38. The van der Waals surface area contributed by atoms with Crippen LogP contribution in [-0.4, -0.2) is 33.8 Å². The minimum atomic E-state index is -0.750. The van der Waals surface area contributed by atoms with Crippen LogP contribution in [0.25, 0.3) is 11.3 Å². The Morgan fingerprint density at radius 2 is 1.93 bits per heavy atom.